The second-order valence-corrected chi connectivity index (χ2v) is 4.60. The van der Waals surface area contributed by atoms with Crippen LogP contribution in [-0.4, -0.2) is 13.1 Å². The molecule has 3 nitrogen and oxygen atoms in total. The highest BCUT2D eigenvalue weighted by Gasteiger charge is 2.09. The van der Waals surface area contributed by atoms with Crippen molar-refractivity contribution in [2.75, 3.05) is 7.11 Å². The Morgan fingerprint density at radius 3 is 2.84 bits per heavy atom. The lowest BCUT2D eigenvalue weighted by atomic mass is 10.1. The molecule has 0 spiro atoms. The second-order valence-electron chi connectivity index (χ2n) is 3.68. The van der Waals surface area contributed by atoms with Crippen LogP contribution in [0.25, 0.3) is 17.4 Å². The Bertz CT molecular complexity index is 631. The van der Waals surface area contributed by atoms with Gasteiger partial charge in [-0.15, -0.1) is 0 Å². The van der Waals surface area contributed by atoms with Gasteiger partial charge >= 0.3 is 5.97 Å². The van der Waals surface area contributed by atoms with Crippen LogP contribution in [0, 0.1) is 5.82 Å². The van der Waals surface area contributed by atoms with Gasteiger partial charge in [0.2, 0.25) is 0 Å². The standard InChI is InChI=1S/C14H10BrFO3/c1-18-14(17)7-4-10-3-6-13(19-10)11-5-2-9(15)8-12(11)16/h2-8H,1H3/b7-4+. The summed E-state index contributed by atoms with van der Waals surface area (Å²) >= 11 is 3.19. The SMILES string of the molecule is COC(=O)/C=C/c1ccc(-c2ccc(Br)cc2F)o1. The molecule has 0 saturated carbocycles. The van der Waals surface area contributed by atoms with Crippen LogP contribution in [0.5, 0.6) is 0 Å². The van der Waals surface area contributed by atoms with Crippen molar-refractivity contribution in [1.82, 2.24) is 0 Å². The molecular formula is C14H10BrFO3. The number of benzene rings is 1. The zero-order valence-corrected chi connectivity index (χ0v) is 11.6. The first-order valence-electron chi connectivity index (χ1n) is 5.41. The summed E-state index contributed by atoms with van der Waals surface area (Å²) in [6.45, 7) is 0. The highest BCUT2D eigenvalue weighted by Crippen LogP contribution is 2.27. The number of ether oxygens (including phenoxy) is 1. The number of hydrogen-bond acceptors (Lipinski definition) is 3. The monoisotopic (exact) mass is 324 g/mol. The summed E-state index contributed by atoms with van der Waals surface area (Å²) in [6.07, 6.45) is 2.70. The first kappa shape index (κ1) is 13.5. The summed E-state index contributed by atoms with van der Waals surface area (Å²) in [4.78, 5) is 10.9. The van der Waals surface area contributed by atoms with Gasteiger partial charge in [0, 0.05) is 10.5 Å². The molecule has 0 aliphatic heterocycles. The first-order valence-corrected chi connectivity index (χ1v) is 6.21. The van der Waals surface area contributed by atoms with E-state index >= 15 is 0 Å². The van der Waals surface area contributed by atoms with Gasteiger partial charge < -0.3 is 9.15 Å². The zero-order chi connectivity index (χ0) is 13.8. The van der Waals surface area contributed by atoms with Crippen LogP contribution in [0.2, 0.25) is 0 Å². The Labute approximate surface area is 117 Å². The maximum absolute atomic E-state index is 13.7. The van der Waals surface area contributed by atoms with E-state index in [0.717, 1.165) is 0 Å². The van der Waals surface area contributed by atoms with Crippen molar-refractivity contribution in [3.63, 3.8) is 0 Å². The molecule has 0 amide bonds. The Morgan fingerprint density at radius 2 is 2.16 bits per heavy atom. The first-order chi connectivity index (χ1) is 9.10. The fourth-order valence-corrected chi connectivity index (χ4v) is 1.83. The summed E-state index contributed by atoms with van der Waals surface area (Å²) in [5, 5.41) is 0. The van der Waals surface area contributed by atoms with Crippen LogP contribution in [0.3, 0.4) is 0 Å². The van der Waals surface area contributed by atoms with E-state index in [0.29, 0.717) is 21.6 Å². The van der Waals surface area contributed by atoms with Crippen LogP contribution in [0.1, 0.15) is 5.76 Å². The molecule has 1 aromatic heterocycles. The topological polar surface area (TPSA) is 39.4 Å². The number of halogens is 2. The van der Waals surface area contributed by atoms with E-state index in [-0.39, 0.29) is 5.82 Å². The van der Waals surface area contributed by atoms with E-state index in [4.69, 9.17) is 4.42 Å². The van der Waals surface area contributed by atoms with Crippen molar-refractivity contribution in [1.29, 1.82) is 0 Å². The Hall–Kier alpha value is -1.88. The average molecular weight is 325 g/mol. The molecule has 1 aromatic carbocycles. The van der Waals surface area contributed by atoms with E-state index in [1.54, 1.807) is 24.3 Å². The minimum absolute atomic E-state index is 0.362. The minimum atomic E-state index is -0.479. The molecule has 0 unspecified atom stereocenters. The predicted molar refractivity (Wildman–Crippen MR) is 72.9 cm³/mol. The quantitative estimate of drug-likeness (QED) is 0.632. The summed E-state index contributed by atoms with van der Waals surface area (Å²) in [5.74, 6) is -0.0165. The number of hydrogen-bond donors (Lipinski definition) is 0. The van der Waals surface area contributed by atoms with Crippen LogP contribution in [0.15, 0.2) is 45.3 Å². The van der Waals surface area contributed by atoms with Gasteiger partial charge in [-0.1, -0.05) is 15.9 Å². The lowest BCUT2D eigenvalue weighted by molar-refractivity contribution is -0.134. The molecule has 98 valence electrons. The van der Waals surface area contributed by atoms with Gasteiger partial charge in [0.15, 0.2) is 0 Å². The summed E-state index contributed by atoms with van der Waals surface area (Å²) in [7, 11) is 1.29. The molecule has 1 heterocycles. The number of rotatable bonds is 3. The number of methoxy groups -OCH3 is 1. The molecule has 2 aromatic rings. The largest absolute Gasteiger partial charge is 0.466 e. The van der Waals surface area contributed by atoms with Crippen LogP contribution < -0.4 is 0 Å². The van der Waals surface area contributed by atoms with E-state index in [1.807, 2.05) is 0 Å². The molecule has 0 radical (unpaired) electrons. The number of carbonyl (C=O) groups excluding carboxylic acids is 1. The molecule has 0 fully saturated rings. The smallest absolute Gasteiger partial charge is 0.330 e. The van der Waals surface area contributed by atoms with Crippen molar-refractivity contribution in [3.8, 4) is 11.3 Å². The summed E-state index contributed by atoms with van der Waals surface area (Å²) in [5.41, 5.74) is 0.362. The lowest BCUT2D eigenvalue weighted by Crippen LogP contribution is -1.92. The molecule has 0 N–H and O–H groups in total. The van der Waals surface area contributed by atoms with Crippen molar-refractivity contribution >= 4 is 28.0 Å². The number of furan rings is 1. The zero-order valence-electron chi connectivity index (χ0n) is 10.0. The second kappa shape index (κ2) is 5.84. The summed E-state index contributed by atoms with van der Waals surface area (Å²) in [6, 6.07) is 8.00. The molecule has 0 aliphatic carbocycles. The van der Waals surface area contributed by atoms with E-state index in [2.05, 4.69) is 20.7 Å². The van der Waals surface area contributed by atoms with Gasteiger partial charge in [0.05, 0.1) is 12.7 Å². The third-order valence-electron chi connectivity index (χ3n) is 2.41. The summed E-state index contributed by atoms with van der Waals surface area (Å²) < 4.78 is 24.3. The normalized spacial score (nSPS) is 10.9. The fraction of sp³-hybridized carbons (Fsp3) is 0.0714. The molecule has 19 heavy (non-hydrogen) atoms. The van der Waals surface area contributed by atoms with Gasteiger partial charge in [-0.25, -0.2) is 9.18 Å². The molecule has 0 saturated heterocycles. The number of esters is 1. The van der Waals surface area contributed by atoms with Crippen LogP contribution in [0.4, 0.5) is 4.39 Å². The van der Waals surface area contributed by atoms with Crippen molar-refractivity contribution < 1.29 is 18.3 Å². The molecule has 0 atom stereocenters. The van der Waals surface area contributed by atoms with Crippen molar-refractivity contribution in [2.45, 2.75) is 0 Å². The Kier molecular flexibility index (Phi) is 4.16. The van der Waals surface area contributed by atoms with E-state index in [9.17, 15) is 9.18 Å². The van der Waals surface area contributed by atoms with Crippen molar-refractivity contribution in [3.05, 3.63) is 52.5 Å². The molecule has 0 aliphatic rings. The third-order valence-corrected chi connectivity index (χ3v) is 2.90. The highest BCUT2D eigenvalue weighted by atomic mass is 79.9. The number of carbonyl (C=O) groups is 1. The maximum atomic E-state index is 13.7. The fourth-order valence-electron chi connectivity index (χ4n) is 1.49. The Balaban J connectivity index is 2.26. The average Bonchev–Trinajstić information content (AvgIpc) is 2.84. The van der Waals surface area contributed by atoms with E-state index in [1.165, 1.54) is 25.3 Å². The Morgan fingerprint density at radius 1 is 1.37 bits per heavy atom. The van der Waals surface area contributed by atoms with Crippen LogP contribution >= 0.6 is 15.9 Å². The molecule has 0 bridgehead atoms. The highest BCUT2D eigenvalue weighted by molar-refractivity contribution is 9.10. The van der Waals surface area contributed by atoms with Gasteiger partial charge in [-0.3, -0.25) is 0 Å². The third kappa shape index (κ3) is 3.32. The predicted octanol–water partition coefficient (Wildman–Crippen LogP) is 4.03. The van der Waals surface area contributed by atoms with Gasteiger partial charge in [-0.2, -0.15) is 0 Å². The molecule has 2 rings (SSSR count). The van der Waals surface area contributed by atoms with Crippen molar-refractivity contribution in [2.24, 2.45) is 0 Å². The lowest BCUT2D eigenvalue weighted by Gasteiger charge is -1.99. The van der Waals surface area contributed by atoms with E-state index < -0.39 is 5.97 Å². The minimum Gasteiger partial charge on any atom is -0.466 e. The van der Waals surface area contributed by atoms with Gasteiger partial charge in [-0.05, 0) is 36.4 Å². The molecule has 5 heteroatoms. The van der Waals surface area contributed by atoms with Gasteiger partial charge in [0.1, 0.15) is 17.3 Å². The van der Waals surface area contributed by atoms with Crippen LogP contribution in [-0.2, 0) is 9.53 Å². The molecular weight excluding hydrogens is 315 g/mol. The van der Waals surface area contributed by atoms with Gasteiger partial charge in [0.25, 0.3) is 0 Å². The maximum Gasteiger partial charge on any atom is 0.330 e.